The summed E-state index contributed by atoms with van der Waals surface area (Å²) in [6.07, 6.45) is 3.65. The Morgan fingerprint density at radius 2 is 2.15 bits per heavy atom. The van der Waals surface area contributed by atoms with Gasteiger partial charge in [-0.3, -0.25) is 0 Å². The standard InChI is InChI=1S/C16H23Cl2NO/c1-3-15(13-6-5-12(17)9-14(13)18)19-10-11-7-8-20-16(11)4-2/h5-6,9,11,15-16,19H,3-4,7-8,10H2,1-2H3. The first kappa shape index (κ1) is 16.1. The highest BCUT2D eigenvalue weighted by Crippen LogP contribution is 2.29. The molecular weight excluding hydrogens is 293 g/mol. The smallest absolute Gasteiger partial charge is 0.0613 e. The fourth-order valence-corrected chi connectivity index (χ4v) is 3.47. The number of halogens is 2. The van der Waals surface area contributed by atoms with Crippen molar-refractivity contribution in [1.82, 2.24) is 5.32 Å². The molecule has 0 amide bonds. The summed E-state index contributed by atoms with van der Waals surface area (Å²) in [5, 5.41) is 5.07. The van der Waals surface area contributed by atoms with Crippen LogP contribution in [0.5, 0.6) is 0 Å². The number of hydrogen-bond donors (Lipinski definition) is 1. The molecule has 1 saturated heterocycles. The molecule has 2 rings (SSSR count). The number of hydrogen-bond acceptors (Lipinski definition) is 2. The van der Waals surface area contributed by atoms with Crippen LogP contribution in [-0.4, -0.2) is 19.3 Å². The first-order chi connectivity index (χ1) is 9.65. The molecule has 4 heteroatoms. The van der Waals surface area contributed by atoms with Gasteiger partial charge in [-0.2, -0.15) is 0 Å². The van der Waals surface area contributed by atoms with Crippen molar-refractivity contribution in [1.29, 1.82) is 0 Å². The van der Waals surface area contributed by atoms with Crippen LogP contribution in [-0.2, 0) is 4.74 Å². The van der Waals surface area contributed by atoms with Gasteiger partial charge in [0, 0.05) is 29.2 Å². The summed E-state index contributed by atoms with van der Waals surface area (Å²) < 4.78 is 5.74. The highest BCUT2D eigenvalue weighted by atomic mass is 35.5. The van der Waals surface area contributed by atoms with E-state index in [0.717, 1.165) is 43.0 Å². The average Bonchev–Trinajstić information content (AvgIpc) is 2.88. The van der Waals surface area contributed by atoms with Crippen LogP contribution in [0, 0.1) is 5.92 Å². The van der Waals surface area contributed by atoms with E-state index in [9.17, 15) is 0 Å². The van der Waals surface area contributed by atoms with E-state index in [2.05, 4.69) is 19.2 Å². The van der Waals surface area contributed by atoms with E-state index in [0.29, 0.717) is 17.0 Å². The molecular formula is C16H23Cl2NO. The first-order valence-corrected chi connectivity index (χ1v) is 8.21. The van der Waals surface area contributed by atoms with E-state index in [1.54, 1.807) is 0 Å². The van der Waals surface area contributed by atoms with Crippen LogP contribution in [0.1, 0.15) is 44.7 Å². The van der Waals surface area contributed by atoms with E-state index >= 15 is 0 Å². The number of benzene rings is 1. The maximum absolute atomic E-state index is 6.31. The highest BCUT2D eigenvalue weighted by Gasteiger charge is 2.27. The summed E-state index contributed by atoms with van der Waals surface area (Å²) in [6, 6.07) is 6.02. The second kappa shape index (κ2) is 7.65. The maximum atomic E-state index is 6.31. The van der Waals surface area contributed by atoms with E-state index in [-0.39, 0.29) is 6.04 Å². The van der Waals surface area contributed by atoms with E-state index < -0.39 is 0 Å². The van der Waals surface area contributed by atoms with Crippen molar-refractivity contribution in [2.45, 2.75) is 45.3 Å². The third kappa shape index (κ3) is 3.88. The van der Waals surface area contributed by atoms with Gasteiger partial charge in [-0.25, -0.2) is 0 Å². The van der Waals surface area contributed by atoms with Crippen LogP contribution < -0.4 is 5.32 Å². The van der Waals surface area contributed by atoms with Gasteiger partial charge in [0.15, 0.2) is 0 Å². The first-order valence-electron chi connectivity index (χ1n) is 7.45. The fraction of sp³-hybridized carbons (Fsp3) is 0.625. The zero-order valence-electron chi connectivity index (χ0n) is 12.2. The van der Waals surface area contributed by atoms with E-state index in [4.69, 9.17) is 27.9 Å². The van der Waals surface area contributed by atoms with Gasteiger partial charge in [0.2, 0.25) is 0 Å². The van der Waals surface area contributed by atoms with Crippen molar-refractivity contribution in [2.24, 2.45) is 5.92 Å². The van der Waals surface area contributed by atoms with Crippen molar-refractivity contribution >= 4 is 23.2 Å². The molecule has 0 aliphatic carbocycles. The second-order valence-corrected chi connectivity index (χ2v) is 6.24. The Hall–Kier alpha value is -0.280. The molecule has 1 fully saturated rings. The minimum Gasteiger partial charge on any atom is -0.378 e. The Kier molecular flexibility index (Phi) is 6.16. The van der Waals surface area contributed by atoms with Crippen molar-refractivity contribution < 1.29 is 4.74 Å². The quantitative estimate of drug-likeness (QED) is 0.810. The minimum absolute atomic E-state index is 0.276. The minimum atomic E-state index is 0.276. The molecule has 1 heterocycles. The molecule has 1 aromatic carbocycles. The second-order valence-electron chi connectivity index (χ2n) is 5.40. The Morgan fingerprint density at radius 3 is 2.80 bits per heavy atom. The maximum Gasteiger partial charge on any atom is 0.0613 e. The lowest BCUT2D eigenvalue weighted by Gasteiger charge is -2.23. The molecule has 0 aromatic heterocycles. The monoisotopic (exact) mass is 315 g/mol. The summed E-state index contributed by atoms with van der Waals surface area (Å²) in [6.45, 7) is 6.24. The van der Waals surface area contributed by atoms with E-state index in [1.165, 1.54) is 0 Å². The topological polar surface area (TPSA) is 21.3 Å². The van der Waals surface area contributed by atoms with Gasteiger partial charge in [-0.15, -0.1) is 0 Å². The summed E-state index contributed by atoms with van der Waals surface area (Å²) in [5.74, 6) is 0.611. The molecule has 3 atom stereocenters. The molecule has 0 bridgehead atoms. The van der Waals surface area contributed by atoms with Gasteiger partial charge >= 0.3 is 0 Å². The normalized spacial score (nSPS) is 24.0. The predicted molar refractivity (Wildman–Crippen MR) is 85.6 cm³/mol. The van der Waals surface area contributed by atoms with Crippen LogP contribution in [0.3, 0.4) is 0 Å². The third-order valence-corrected chi connectivity index (χ3v) is 4.68. The van der Waals surface area contributed by atoms with Crippen LogP contribution in [0.15, 0.2) is 18.2 Å². The fourth-order valence-electron chi connectivity index (χ4n) is 2.93. The number of ether oxygens (including phenoxy) is 1. The summed E-state index contributed by atoms with van der Waals surface area (Å²) in [4.78, 5) is 0. The molecule has 1 aliphatic heterocycles. The summed E-state index contributed by atoms with van der Waals surface area (Å²) >= 11 is 12.3. The molecule has 0 radical (unpaired) electrons. The summed E-state index contributed by atoms with van der Waals surface area (Å²) in [5.41, 5.74) is 1.13. The molecule has 1 aliphatic rings. The van der Waals surface area contributed by atoms with E-state index in [1.807, 2.05) is 18.2 Å². The van der Waals surface area contributed by atoms with Gasteiger partial charge < -0.3 is 10.1 Å². The van der Waals surface area contributed by atoms with Crippen LogP contribution >= 0.6 is 23.2 Å². The Labute approximate surface area is 131 Å². The SMILES string of the molecule is CCC(NCC1CCOC1CC)c1ccc(Cl)cc1Cl. The lowest BCUT2D eigenvalue weighted by Crippen LogP contribution is -2.31. The predicted octanol–water partition coefficient (Wildman–Crippen LogP) is 4.85. The third-order valence-electron chi connectivity index (χ3n) is 4.12. The van der Waals surface area contributed by atoms with Crippen LogP contribution in [0.25, 0.3) is 0 Å². The summed E-state index contributed by atoms with van der Waals surface area (Å²) in [7, 11) is 0. The lowest BCUT2D eigenvalue weighted by molar-refractivity contribution is 0.0865. The number of nitrogens with one attached hydrogen (secondary N) is 1. The molecule has 1 aromatic rings. The zero-order valence-corrected chi connectivity index (χ0v) is 13.7. The zero-order chi connectivity index (χ0) is 14.5. The average molecular weight is 316 g/mol. The molecule has 112 valence electrons. The van der Waals surface area contributed by atoms with Gasteiger partial charge in [-0.05, 0) is 42.9 Å². The van der Waals surface area contributed by atoms with Crippen molar-refractivity contribution in [3.8, 4) is 0 Å². The molecule has 2 nitrogen and oxygen atoms in total. The molecule has 20 heavy (non-hydrogen) atoms. The Balaban J connectivity index is 1.98. The lowest BCUT2D eigenvalue weighted by atomic mass is 9.98. The molecule has 0 saturated carbocycles. The Bertz CT molecular complexity index is 438. The largest absolute Gasteiger partial charge is 0.378 e. The van der Waals surface area contributed by atoms with Crippen molar-refractivity contribution in [3.63, 3.8) is 0 Å². The van der Waals surface area contributed by atoms with Gasteiger partial charge in [0.05, 0.1) is 6.10 Å². The van der Waals surface area contributed by atoms with Gasteiger partial charge in [0.25, 0.3) is 0 Å². The number of rotatable bonds is 6. The highest BCUT2D eigenvalue weighted by molar-refractivity contribution is 6.35. The molecule has 0 spiro atoms. The Morgan fingerprint density at radius 1 is 1.35 bits per heavy atom. The van der Waals surface area contributed by atoms with Crippen LogP contribution in [0.4, 0.5) is 0 Å². The molecule has 1 N–H and O–H groups in total. The van der Waals surface area contributed by atoms with Crippen molar-refractivity contribution in [3.05, 3.63) is 33.8 Å². The van der Waals surface area contributed by atoms with Gasteiger partial charge in [0.1, 0.15) is 0 Å². The van der Waals surface area contributed by atoms with Crippen LogP contribution in [0.2, 0.25) is 10.0 Å². The van der Waals surface area contributed by atoms with Gasteiger partial charge in [-0.1, -0.05) is 43.1 Å². The molecule has 3 unspecified atom stereocenters. The van der Waals surface area contributed by atoms with Crippen molar-refractivity contribution in [2.75, 3.05) is 13.2 Å².